The molecule has 2 aromatic rings. The van der Waals surface area contributed by atoms with E-state index in [1.54, 1.807) is 18.9 Å². The Bertz CT molecular complexity index is 632. The molecular formula is C16H16ClNOS. The molecule has 1 aliphatic carbocycles. The summed E-state index contributed by atoms with van der Waals surface area (Å²) in [4.78, 5) is 1.09. The number of hydrogen-bond acceptors (Lipinski definition) is 3. The molecule has 0 aromatic heterocycles. The number of fused-ring (bicyclic) bond motifs is 1. The van der Waals surface area contributed by atoms with Crippen molar-refractivity contribution in [3.05, 3.63) is 58.6 Å². The van der Waals surface area contributed by atoms with Gasteiger partial charge in [0.25, 0.3) is 0 Å². The van der Waals surface area contributed by atoms with E-state index in [0.29, 0.717) is 5.25 Å². The molecule has 0 bridgehead atoms. The largest absolute Gasteiger partial charge is 0.497 e. The summed E-state index contributed by atoms with van der Waals surface area (Å²) >= 11 is 7.99. The van der Waals surface area contributed by atoms with Crippen molar-refractivity contribution in [3.63, 3.8) is 0 Å². The molecule has 104 valence electrons. The van der Waals surface area contributed by atoms with Crippen LogP contribution in [0, 0.1) is 0 Å². The van der Waals surface area contributed by atoms with Crippen LogP contribution in [0.4, 0.5) is 0 Å². The minimum Gasteiger partial charge on any atom is -0.497 e. The summed E-state index contributed by atoms with van der Waals surface area (Å²) < 4.78 is 5.28. The first-order valence-electron chi connectivity index (χ1n) is 6.52. The summed E-state index contributed by atoms with van der Waals surface area (Å²) in [5, 5.41) is 1.11. The van der Waals surface area contributed by atoms with Crippen molar-refractivity contribution in [2.45, 2.75) is 22.6 Å². The molecule has 2 atom stereocenters. The van der Waals surface area contributed by atoms with Crippen LogP contribution in [0.25, 0.3) is 0 Å². The number of methoxy groups -OCH3 is 1. The van der Waals surface area contributed by atoms with Crippen LogP contribution in [0.1, 0.15) is 17.2 Å². The molecular weight excluding hydrogens is 290 g/mol. The zero-order valence-electron chi connectivity index (χ0n) is 11.2. The third-order valence-electron chi connectivity index (χ3n) is 3.65. The fourth-order valence-electron chi connectivity index (χ4n) is 2.56. The van der Waals surface area contributed by atoms with Gasteiger partial charge < -0.3 is 10.5 Å². The van der Waals surface area contributed by atoms with E-state index >= 15 is 0 Å². The quantitative estimate of drug-likeness (QED) is 0.928. The van der Waals surface area contributed by atoms with Gasteiger partial charge in [-0.1, -0.05) is 29.8 Å². The number of rotatable bonds is 3. The van der Waals surface area contributed by atoms with Gasteiger partial charge in [-0.2, -0.15) is 0 Å². The van der Waals surface area contributed by atoms with Gasteiger partial charge in [0, 0.05) is 16.2 Å². The van der Waals surface area contributed by atoms with Gasteiger partial charge >= 0.3 is 0 Å². The van der Waals surface area contributed by atoms with Crippen LogP contribution in [0.3, 0.4) is 0 Å². The second-order valence-corrected chi connectivity index (χ2v) is 6.57. The Morgan fingerprint density at radius 1 is 1.25 bits per heavy atom. The summed E-state index contributed by atoms with van der Waals surface area (Å²) in [6.07, 6.45) is 0.969. The smallest absolute Gasteiger partial charge is 0.119 e. The van der Waals surface area contributed by atoms with Crippen LogP contribution in [-0.4, -0.2) is 12.4 Å². The molecule has 0 radical (unpaired) electrons. The van der Waals surface area contributed by atoms with E-state index in [2.05, 4.69) is 6.07 Å². The Balaban J connectivity index is 1.83. The van der Waals surface area contributed by atoms with Gasteiger partial charge in [-0.05, 0) is 41.8 Å². The van der Waals surface area contributed by atoms with E-state index < -0.39 is 0 Å². The highest BCUT2D eigenvalue weighted by molar-refractivity contribution is 8.00. The standard InChI is InChI=1S/C16H16ClNOS/c1-19-11-7-6-10-8-15(16(18)12(10)9-11)20-14-5-3-2-4-13(14)17/h2-7,9,15-16H,8,18H2,1H3. The Morgan fingerprint density at radius 3 is 2.80 bits per heavy atom. The van der Waals surface area contributed by atoms with Crippen molar-refractivity contribution < 1.29 is 4.74 Å². The number of ether oxygens (including phenoxy) is 1. The predicted molar refractivity (Wildman–Crippen MR) is 84.7 cm³/mol. The summed E-state index contributed by atoms with van der Waals surface area (Å²) in [6.45, 7) is 0. The highest BCUT2D eigenvalue weighted by Gasteiger charge is 2.31. The van der Waals surface area contributed by atoms with E-state index in [9.17, 15) is 0 Å². The molecule has 4 heteroatoms. The molecule has 3 rings (SSSR count). The van der Waals surface area contributed by atoms with Crippen molar-refractivity contribution in [2.24, 2.45) is 5.73 Å². The second kappa shape index (κ2) is 5.68. The third-order valence-corrected chi connectivity index (χ3v) is 5.46. The SMILES string of the molecule is COc1ccc2c(c1)C(N)C(Sc1ccccc1Cl)C2. The molecule has 1 aliphatic rings. The van der Waals surface area contributed by atoms with E-state index in [-0.39, 0.29) is 6.04 Å². The van der Waals surface area contributed by atoms with Gasteiger partial charge in [0.2, 0.25) is 0 Å². The van der Waals surface area contributed by atoms with Gasteiger partial charge in [0.1, 0.15) is 5.75 Å². The lowest BCUT2D eigenvalue weighted by Gasteiger charge is -2.16. The summed E-state index contributed by atoms with van der Waals surface area (Å²) in [5.74, 6) is 0.864. The lowest BCUT2D eigenvalue weighted by atomic mass is 10.1. The molecule has 0 saturated heterocycles. The normalized spacial score (nSPS) is 20.8. The molecule has 2 N–H and O–H groups in total. The first-order chi connectivity index (χ1) is 9.69. The summed E-state index contributed by atoms with van der Waals surface area (Å²) in [5.41, 5.74) is 8.89. The maximum atomic E-state index is 6.39. The van der Waals surface area contributed by atoms with Gasteiger partial charge in [0.05, 0.1) is 12.1 Å². The van der Waals surface area contributed by atoms with E-state index in [1.807, 2.05) is 36.4 Å². The van der Waals surface area contributed by atoms with Crippen molar-refractivity contribution >= 4 is 23.4 Å². The maximum absolute atomic E-state index is 6.39. The highest BCUT2D eigenvalue weighted by atomic mass is 35.5. The monoisotopic (exact) mass is 305 g/mol. The molecule has 2 aromatic carbocycles. The Labute approximate surface area is 128 Å². The number of thioether (sulfide) groups is 1. The van der Waals surface area contributed by atoms with Crippen LogP contribution >= 0.6 is 23.4 Å². The molecule has 0 spiro atoms. The van der Waals surface area contributed by atoms with Crippen LogP contribution in [-0.2, 0) is 6.42 Å². The second-order valence-electron chi connectivity index (χ2n) is 4.88. The predicted octanol–water partition coefficient (Wildman–Crippen LogP) is 4.07. The topological polar surface area (TPSA) is 35.2 Å². The molecule has 0 fully saturated rings. The summed E-state index contributed by atoms with van der Waals surface area (Å²) in [6, 6.07) is 14.1. The zero-order valence-corrected chi connectivity index (χ0v) is 12.7. The lowest BCUT2D eigenvalue weighted by molar-refractivity contribution is 0.414. The van der Waals surface area contributed by atoms with Crippen molar-refractivity contribution in [3.8, 4) is 5.75 Å². The lowest BCUT2D eigenvalue weighted by Crippen LogP contribution is -2.18. The highest BCUT2D eigenvalue weighted by Crippen LogP contribution is 2.42. The third kappa shape index (κ3) is 2.53. The number of hydrogen-bond donors (Lipinski definition) is 1. The Kier molecular flexibility index (Phi) is 3.92. The molecule has 0 aliphatic heterocycles. The Morgan fingerprint density at radius 2 is 2.05 bits per heavy atom. The molecule has 20 heavy (non-hydrogen) atoms. The molecule has 2 nitrogen and oxygen atoms in total. The summed E-state index contributed by atoms with van der Waals surface area (Å²) in [7, 11) is 1.68. The Hall–Kier alpha value is -1.16. The van der Waals surface area contributed by atoms with Crippen molar-refractivity contribution in [2.75, 3.05) is 7.11 Å². The average Bonchev–Trinajstić information content (AvgIpc) is 2.77. The van der Waals surface area contributed by atoms with Gasteiger partial charge in [-0.3, -0.25) is 0 Å². The van der Waals surface area contributed by atoms with Gasteiger partial charge in [0.15, 0.2) is 0 Å². The molecule has 0 amide bonds. The minimum absolute atomic E-state index is 0.0152. The number of nitrogens with two attached hydrogens (primary N) is 1. The van der Waals surface area contributed by atoms with Gasteiger partial charge in [-0.25, -0.2) is 0 Å². The average molecular weight is 306 g/mol. The van der Waals surface area contributed by atoms with E-state index in [0.717, 1.165) is 22.1 Å². The first-order valence-corrected chi connectivity index (χ1v) is 7.78. The van der Waals surface area contributed by atoms with E-state index in [4.69, 9.17) is 22.1 Å². The van der Waals surface area contributed by atoms with Crippen LogP contribution in [0.15, 0.2) is 47.4 Å². The van der Waals surface area contributed by atoms with Crippen molar-refractivity contribution in [1.29, 1.82) is 0 Å². The fraction of sp³-hybridized carbons (Fsp3) is 0.250. The molecule has 2 unspecified atom stereocenters. The van der Waals surface area contributed by atoms with Crippen LogP contribution < -0.4 is 10.5 Å². The van der Waals surface area contributed by atoms with Crippen LogP contribution in [0.2, 0.25) is 5.02 Å². The first kappa shape index (κ1) is 13.8. The van der Waals surface area contributed by atoms with Gasteiger partial charge in [-0.15, -0.1) is 11.8 Å². The number of benzene rings is 2. The maximum Gasteiger partial charge on any atom is 0.119 e. The molecule has 0 heterocycles. The number of halogens is 1. The van der Waals surface area contributed by atoms with Crippen molar-refractivity contribution in [1.82, 2.24) is 0 Å². The minimum atomic E-state index is 0.0152. The molecule has 0 saturated carbocycles. The zero-order chi connectivity index (χ0) is 14.1. The van der Waals surface area contributed by atoms with E-state index in [1.165, 1.54) is 11.1 Å². The van der Waals surface area contributed by atoms with Crippen LogP contribution in [0.5, 0.6) is 5.75 Å². The fourth-order valence-corrected chi connectivity index (χ4v) is 4.05.